The molecular weight excluding hydrogens is 794 g/mol. The molecule has 1 aromatic heterocycles. The summed E-state index contributed by atoms with van der Waals surface area (Å²) in [5, 5.41) is 4.06. The largest absolute Gasteiger partial charge is 0.494 e. The van der Waals surface area contributed by atoms with Crippen LogP contribution in [0.5, 0.6) is 5.75 Å². The Morgan fingerprint density at radius 3 is 2.22 bits per heavy atom. The molecule has 0 radical (unpaired) electrons. The normalized spacial score (nSPS) is 17.2. The molecule has 3 aliphatic rings. The number of rotatable bonds is 23. The van der Waals surface area contributed by atoms with Gasteiger partial charge in [0.05, 0.1) is 31.1 Å². The minimum absolute atomic E-state index is 0.130. The maximum Gasteiger partial charge on any atom is 0.257 e. The summed E-state index contributed by atoms with van der Waals surface area (Å²) in [5.41, 5.74) is 2.26. The number of H-pyrrole nitrogens is 1. The van der Waals surface area contributed by atoms with Crippen molar-refractivity contribution in [3.63, 3.8) is 0 Å². The molecular formula is C52H74FN5O5. The van der Waals surface area contributed by atoms with Gasteiger partial charge in [-0.1, -0.05) is 84.3 Å². The van der Waals surface area contributed by atoms with Gasteiger partial charge in [-0.2, -0.15) is 0 Å². The van der Waals surface area contributed by atoms with Crippen LogP contribution >= 0.6 is 0 Å². The highest BCUT2D eigenvalue weighted by Gasteiger charge is 2.38. The number of hydrogen-bond acceptors (Lipinski definition) is 6. The summed E-state index contributed by atoms with van der Waals surface area (Å²) < 4.78 is 25.9. The number of allylic oxidation sites excluding steroid dienone is 2. The lowest BCUT2D eigenvalue weighted by atomic mass is 9.81. The number of benzene rings is 2. The molecule has 0 spiro atoms. The number of amides is 3. The fraction of sp³-hybridized carbons (Fsp3) is 0.596. The lowest BCUT2D eigenvalue weighted by molar-refractivity contribution is -0.132. The Bertz CT molecular complexity index is 1980. The number of aromatic nitrogens is 1. The van der Waals surface area contributed by atoms with Gasteiger partial charge in [-0.3, -0.25) is 19.3 Å². The number of piperidine rings is 1. The van der Waals surface area contributed by atoms with Gasteiger partial charge in [0.25, 0.3) is 11.8 Å². The van der Waals surface area contributed by atoms with Gasteiger partial charge in [-0.25, -0.2) is 4.39 Å². The number of likely N-dealkylation sites (tertiary alicyclic amines) is 1. The van der Waals surface area contributed by atoms with Gasteiger partial charge in [-0.05, 0) is 99.4 Å². The Kier molecular flexibility index (Phi) is 18.7. The lowest BCUT2D eigenvalue weighted by Crippen LogP contribution is -2.46. The van der Waals surface area contributed by atoms with Crippen molar-refractivity contribution in [1.29, 1.82) is 0 Å². The molecule has 11 heteroatoms. The molecule has 0 atom stereocenters. The standard InChI is InChI=1S/C52H74FN5O5/c1-4-5-6-7-8-9-10-11-12-13-14-15-16-17-18-20-47(59)57-30-27-42(28-31-57)54-50(60)45-38-58(39-52(2,3)48-44-26-23-41(53)37-46(44)55-49(45)48)51(61)40-21-24-43(25-22-40)63-34-19-29-56-32-35-62-36-33-56/h11-12,21-26,37-38,42,55H,4-10,13-20,27-36,39H2,1-3H3,(H,54,60)/b12-11-. The maximum atomic E-state index is 14.5. The Labute approximate surface area is 376 Å². The van der Waals surface area contributed by atoms with Gasteiger partial charge in [0, 0.05) is 79.8 Å². The van der Waals surface area contributed by atoms with Gasteiger partial charge < -0.3 is 29.6 Å². The average Bonchev–Trinajstić information content (AvgIpc) is 3.62. The van der Waals surface area contributed by atoms with E-state index in [1.165, 1.54) is 69.9 Å². The third kappa shape index (κ3) is 14.3. The van der Waals surface area contributed by atoms with Crippen LogP contribution in [0.25, 0.3) is 16.5 Å². The number of nitrogens with zero attached hydrogens (tertiary/aromatic N) is 3. The first kappa shape index (κ1) is 48.0. The molecule has 2 fully saturated rings. The van der Waals surface area contributed by atoms with Gasteiger partial charge in [-0.15, -0.1) is 0 Å². The zero-order chi connectivity index (χ0) is 44.4. The number of carbonyl (C=O) groups excluding carboxylic acids is 3. The van der Waals surface area contributed by atoms with Crippen molar-refractivity contribution in [2.75, 3.05) is 59.1 Å². The van der Waals surface area contributed by atoms with Crippen LogP contribution < -0.4 is 10.1 Å². The molecule has 0 unspecified atom stereocenters. The molecule has 2 aromatic carbocycles. The molecule has 3 aromatic rings. The second-order valence-corrected chi connectivity index (χ2v) is 18.6. The minimum atomic E-state index is -0.598. The number of morpholine rings is 1. The molecule has 10 nitrogen and oxygen atoms in total. The maximum absolute atomic E-state index is 14.5. The van der Waals surface area contributed by atoms with E-state index in [4.69, 9.17) is 9.47 Å². The molecule has 2 saturated heterocycles. The van der Waals surface area contributed by atoms with E-state index in [2.05, 4.69) is 48.1 Å². The van der Waals surface area contributed by atoms with Gasteiger partial charge >= 0.3 is 0 Å². The molecule has 4 heterocycles. The number of fused-ring (bicyclic) bond motifs is 3. The Morgan fingerprint density at radius 2 is 1.52 bits per heavy atom. The zero-order valence-corrected chi connectivity index (χ0v) is 38.5. The topological polar surface area (TPSA) is 107 Å². The Hall–Kier alpha value is -4.48. The second-order valence-electron chi connectivity index (χ2n) is 18.6. The SMILES string of the molecule is CCCCCCCC/C=C\CCCCCCCC(=O)N1CCC(NC(=O)C2=CN(C(=O)c3ccc(OCCCN4CCOCC4)cc3)CC(C)(C)c3c2[nH]c2cc(F)ccc32)CC1. The van der Waals surface area contributed by atoms with Crippen LogP contribution in [0.4, 0.5) is 4.39 Å². The van der Waals surface area contributed by atoms with Crippen molar-refractivity contribution in [2.45, 2.75) is 141 Å². The first-order valence-corrected chi connectivity index (χ1v) is 24.2. The highest BCUT2D eigenvalue weighted by Crippen LogP contribution is 2.41. The smallest absolute Gasteiger partial charge is 0.257 e. The van der Waals surface area contributed by atoms with Crippen LogP contribution in [0.1, 0.15) is 152 Å². The van der Waals surface area contributed by atoms with E-state index < -0.39 is 5.41 Å². The monoisotopic (exact) mass is 868 g/mol. The summed E-state index contributed by atoms with van der Waals surface area (Å²) in [7, 11) is 0. The lowest BCUT2D eigenvalue weighted by Gasteiger charge is -2.32. The minimum Gasteiger partial charge on any atom is -0.494 e. The van der Waals surface area contributed by atoms with Crippen LogP contribution in [-0.2, 0) is 19.7 Å². The number of hydrogen-bond donors (Lipinski definition) is 2. The van der Waals surface area contributed by atoms with Crippen LogP contribution in [0.3, 0.4) is 0 Å². The van der Waals surface area contributed by atoms with Crippen molar-refractivity contribution in [2.24, 2.45) is 0 Å². The third-order valence-electron chi connectivity index (χ3n) is 13.0. The quantitative estimate of drug-likeness (QED) is 0.0726. The fourth-order valence-corrected chi connectivity index (χ4v) is 9.35. The van der Waals surface area contributed by atoms with Crippen LogP contribution in [0, 0.1) is 5.82 Å². The average molecular weight is 868 g/mol. The highest BCUT2D eigenvalue weighted by molar-refractivity contribution is 6.21. The summed E-state index contributed by atoms with van der Waals surface area (Å²) in [6.45, 7) is 12.8. The van der Waals surface area contributed by atoms with Gasteiger partial charge in [0.2, 0.25) is 5.91 Å². The molecule has 3 amide bonds. The summed E-state index contributed by atoms with van der Waals surface area (Å²) in [6, 6.07) is 11.7. The van der Waals surface area contributed by atoms with Crippen LogP contribution in [0.15, 0.2) is 60.8 Å². The van der Waals surface area contributed by atoms with E-state index in [0.717, 1.165) is 75.9 Å². The van der Waals surface area contributed by atoms with Crippen molar-refractivity contribution in [3.8, 4) is 5.75 Å². The summed E-state index contributed by atoms with van der Waals surface area (Å²) in [4.78, 5) is 51.1. The number of halogens is 1. The van der Waals surface area contributed by atoms with E-state index in [1.807, 2.05) is 17.0 Å². The van der Waals surface area contributed by atoms with E-state index in [-0.39, 0.29) is 29.6 Å². The number of unbranched alkanes of at least 4 members (excludes halogenated alkanes) is 11. The Balaban J connectivity index is 0.995. The number of ether oxygens (including phenoxy) is 2. The molecule has 0 bridgehead atoms. The fourth-order valence-electron chi connectivity index (χ4n) is 9.35. The Morgan fingerprint density at radius 1 is 0.857 bits per heavy atom. The number of nitrogens with one attached hydrogen (secondary N) is 2. The molecule has 63 heavy (non-hydrogen) atoms. The number of aromatic amines is 1. The molecule has 6 rings (SSSR count). The highest BCUT2D eigenvalue weighted by atomic mass is 19.1. The summed E-state index contributed by atoms with van der Waals surface area (Å²) in [6.07, 6.45) is 25.1. The van der Waals surface area contributed by atoms with Gasteiger partial charge in [0.15, 0.2) is 0 Å². The van der Waals surface area contributed by atoms with E-state index in [1.54, 1.807) is 29.3 Å². The van der Waals surface area contributed by atoms with Crippen molar-refractivity contribution < 1.29 is 28.2 Å². The first-order chi connectivity index (χ1) is 30.6. The second kappa shape index (κ2) is 24.5. The van der Waals surface area contributed by atoms with Crippen molar-refractivity contribution >= 4 is 34.2 Å². The van der Waals surface area contributed by atoms with Crippen LogP contribution in [0.2, 0.25) is 0 Å². The first-order valence-electron chi connectivity index (χ1n) is 24.2. The third-order valence-corrected chi connectivity index (χ3v) is 13.0. The van der Waals surface area contributed by atoms with Crippen molar-refractivity contribution in [1.82, 2.24) is 25.0 Å². The van der Waals surface area contributed by atoms with Gasteiger partial charge in [0.1, 0.15) is 11.6 Å². The summed E-state index contributed by atoms with van der Waals surface area (Å²) >= 11 is 0. The molecule has 0 saturated carbocycles. The predicted molar refractivity (Wildman–Crippen MR) is 251 cm³/mol. The molecule has 3 aliphatic heterocycles. The van der Waals surface area contributed by atoms with E-state index in [9.17, 15) is 18.8 Å². The molecule has 2 N–H and O–H groups in total. The predicted octanol–water partition coefficient (Wildman–Crippen LogP) is 10.3. The van der Waals surface area contributed by atoms with E-state index in [0.29, 0.717) is 73.6 Å². The summed E-state index contributed by atoms with van der Waals surface area (Å²) in [5.74, 6) is -0.0153. The van der Waals surface area contributed by atoms with E-state index >= 15 is 0 Å². The van der Waals surface area contributed by atoms with Crippen molar-refractivity contribution in [3.05, 3.63) is 83.5 Å². The number of carbonyl (C=O) groups is 3. The van der Waals surface area contributed by atoms with Crippen LogP contribution in [-0.4, -0.2) is 103 Å². The molecule has 344 valence electrons. The molecule has 0 aliphatic carbocycles. The zero-order valence-electron chi connectivity index (χ0n) is 38.5.